The zero-order valence-corrected chi connectivity index (χ0v) is 25.2. The first-order chi connectivity index (χ1) is 20.1. The first kappa shape index (κ1) is 26.3. The molecule has 0 bridgehead atoms. The van der Waals surface area contributed by atoms with Crippen molar-refractivity contribution in [2.24, 2.45) is 0 Å². The van der Waals surface area contributed by atoms with Crippen LogP contribution in [0.1, 0.15) is 52.7 Å². The molecule has 0 atom stereocenters. The number of nitrogens with zero attached hydrogens (tertiary/aromatic N) is 2. The van der Waals surface area contributed by atoms with Crippen LogP contribution in [0.5, 0.6) is 0 Å². The Kier molecular flexibility index (Phi) is 5.92. The molecule has 0 saturated carbocycles. The SMILES string of the molecule is CC(C)(C)c1ccc2oc3c(-c4ccc(-c5nc6ccccc6n5-c5ccccc5)cc4)cc(C(C)(C)C)cc3c2c1. The van der Waals surface area contributed by atoms with Gasteiger partial charge in [0.1, 0.15) is 17.0 Å². The maximum absolute atomic E-state index is 6.59. The van der Waals surface area contributed by atoms with Crippen molar-refractivity contribution in [3.8, 4) is 28.2 Å². The molecule has 5 aromatic carbocycles. The van der Waals surface area contributed by atoms with Gasteiger partial charge in [0.15, 0.2) is 0 Å². The van der Waals surface area contributed by atoms with Gasteiger partial charge in [0.2, 0.25) is 0 Å². The van der Waals surface area contributed by atoms with Gasteiger partial charge < -0.3 is 4.42 Å². The highest BCUT2D eigenvalue weighted by Gasteiger charge is 2.22. The number of imidazole rings is 1. The van der Waals surface area contributed by atoms with Crippen LogP contribution in [-0.4, -0.2) is 9.55 Å². The van der Waals surface area contributed by atoms with E-state index in [2.05, 4.69) is 143 Å². The molecule has 2 aromatic heterocycles. The second-order valence-electron chi connectivity index (χ2n) is 13.4. The van der Waals surface area contributed by atoms with Crippen molar-refractivity contribution in [2.45, 2.75) is 52.4 Å². The molecule has 0 unspecified atom stereocenters. The summed E-state index contributed by atoms with van der Waals surface area (Å²) >= 11 is 0. The highest BCUT2D eigenvalue weighted by Crippen LogP contribution is 2.41. The van der Waals surface area contributed by atoms with Crippen LogP contribution in [0.15, 0.2) is 114 Å². The fraction of sp³-hybridized carbons (Fsp3) is 0.205. The molecule has 42 heavy (non-hydrogen) atoms. The van der Waals surface area contributed by atoms with Crippen molar-refractivity contribution >= 4 is 33.0 Å². The molecular formula is C39H36N2O. The molecule has 7 aromatic rings. The van der Waals surface area contributed by atoms with Gasteiger partial charge in [-0.05, 0) is 76.1 Å². The zero-order chi connectivity index (χ0) is 29.2. The summed E-state index contributed by atoms with van der Waals surface area (Å²) in [7, 11) is 0. The molecule has 0 aliphatic rings. The summed E-state index contributed by atoms with van der Waals surface area (Å²) in [6.07, 6.45) is 0. The Morgan fingerprint density at radius 3 is 1.95 bits per heavy atom. The smallest absolute Gasteiger partial charge is 0.145 e. The molecule has 3 heteroatoms. The average Bonchev–Trinajstić information content (AvgIpc) is 3.55. The van der Waals surface area contributed by atoms with Crippen molar-refractivity contribution in [3.05, 3.63) is 120 Å². The van der Waals surface area contributed by atoms with Crippen LogP contribution in [0.3, 0.4) is 0 Å². The second-order valence-corrected chi connectivity index (χ2v) is 13.4. The molecule has 0 aliphatic heterocycles. The molecule has 0 spiro atoms. The van der Waals surface area contributed by atoms with Gasteiger partial charge in [-0.1, -0.05) is 102 Å². The molecule has 3 nitrogen and oxygen atoms in total. The van der Waals surface area contributed by atoms with Gasteiger partial charge in [0.25, 0.3) is 0 Å². The van der Waals surface area contributed by atoms with E-state index in [1.807, 2.05) is 12.1 Å². The van der Waals surface area contributed by atoms with Gasteiger partial charge in [-0.15, -0.1) is 0 Å². The Hall–Kier alpha value is -4.63. The Labute approximate surface area is 247 Å². The van der Waals surface area contributed by atoms with Crippen LogP contribution in [0.25, 0.3) is 61.2 Å². The highest BCUT2D eigenvalue weighted by atomic mass is 16.3. The van der Waals surface area contributed by atoms with Gasteiger partial charge in [-0.25, -0.2) is 4.98 Å². The molecule has 0 amide bonds. The monoisotopic (exact) mass is 548 g/mol. The molecule has 0 aliphatic carbocycles. The fourth-order valence-corrected chi connectivity index (χ4v) is 5.85. The Morgan fingerprint density at radius 2 is 1.24 bits per heavy atom. The summed E-state index contributed by atoms with van der Waals surface area (Å²) in [6, 6.07) is 38.8. The second kappa shape index (κ2) is 9.46. The third-order valence-electron chi connectivity index (χ3n) is 8.33. The van der Waals surface area contributed by atoms with Gasteiger partial charge in [0.05, 0.1) is 11.0 Å². The number of furan rings is 1. The number of hydrogen-bond donors (Lipinski definition) is 0. The largest absolute Gasteiger partial charge is 0.455 e. The number of para-hydroxylation sites is 3. The number of hydrogen-bond acceptors (Lipinski definition) is 2. The fourth-order valence-electron chi connectivity index (χ4n) is 5.85. The maximum atomic E-state index is 6.59. The van der Waals surface area contributed by atoms with Gasteiger partial charge in [0, 0.05) is 27.6 Å². The van der Waals surface area contributed by atoms with Crippen LogP contribution in [-0.2, 0) is 10.8 Å². The molecule has 2 heterocycles. The predicted octanol–water partition coefficient (Wildman–Crippen LogP) is 10.9. The van der Waals surface area contributed by atoms with E-state index in [-0.39, 0.29) is 10.8 Å². The van der Waals surface area contributed by atoms with Crippen molar-refractivity contribution < 1.29 is 4.42 Å². The molecular weight excluding hydrogens is 512 g/mol. The topological polar surface area (TPSA) is 31.0 Å². The lowest BCUT2D eigenvalue weighted by atomic mass is 9.83. The van der Waals surface area contributed by atoms with Gasteiger partial charge >= 0.3 is 0 Å². The predicted molar refractivity (Wildman–Crippen MR) is 177 cm³/mol. The van der Waals surface area contributed by atoms with E-state index in [1.165, 1.54) is 21.9 Å². The van der Waals surface area contributed by atoms with E-state index in [9.17, 15) is 0 Å². The Balaban J connectivity index is 1.41. The van der Waals surface area contributed by atoms with Crippen LogP contribution >= 0.6 is 0 Å². The summed E-state index contributed by atoms with van der Waals surface area (Å²) < 4.78 is 8.83. The van der Waals surface area contributed by atoms with E-state index in [4.69, 9.17) is 9.40 Å². The molecule has 7 rings (SSSR count). The number of aromatic nitrogens is 2. The minimum atomic E-state index is -0.00531. The summed E-state index contributed by atoms with van der Waals surface area (Å²) in [6.45, 7) is 13.6. The summed E-state index contributed by atoms with van der Waals surface area (Å²) in [5.74, 6) is 0.931. The lowest BCUT2D eigenvalue weighted by Crippen LogP contribution is -2.11. The van der Waals surface area contributed by atoms with Gasteiger partial charge in [-0.2, -0.15) is 0 Å². The van der Waals surface area contributed by atoms with E-state index in [0.717, 1.165) is 50.4 Å². The summed E-state index contributed by atoms with van der Waals surface area (Å²) in [5.41, 5.74) is 11.0. The number of benzene rings is 5. The average molecular weight is 549 g/mol. The number of fused-ring (bicyclic) bond motifs is 4. The van der Waals surface area contributed by atoms with Crippen molar-refractivity contribution in [1.82, 2.24) is 9.55 Å². The minimum absolute atomic E-state index is 0.00531. The lowest BCUT2D eigenvalue weighted by Gasteiger charge is -2.21. The molecule has 208 valence electrons. The van der Waals surface area contributed by atoms with Crippen LogP contribution in [0, 0.1) is 0 Å². The van der Waals surface area contributed by atoms with E-state index in [1.54, 1.807) is 0 Å². The normalized spacial score (nSPS) is 12.5. The first-order valence-corrected chi connectivity index (χ1v) is 14.7. The third kappa shape index (κ3) is 4.41. The van der Waals surface area contributed by atoms with Crippen molar-refractivity contribution in [1.29, 1.82) is 0 Å². The van der Waals surface area contributed by atoms with Crippen molar-refractivity contribution in [3.63, 3.8) is 0 Å². The third-order valence-corrected chi connectivity index (χ3v) is 8.33. The first-order valence-electron chi connectivity index (χ1n) is 14.7. The molecule has 0 radical (unpaired) electrons. The van der Waals surface area contributed by atoms with Gasteiger partial charge in [-0.3, -0.25) is 4.57 Å². The summed E-state index contributed by atoms with van der Waals surface area (Å²) in [5, 5.41) is 2.35. The molecule has 0 saturated heterocycles. The Morgan fingerprint density at radius 1 is 0.595 bits per heavy atom. The maximum Gasteiger partial charge on any atom is 0.145 e. The Bertz CT molecular complexity index is 2080. The van der Waals surface area contributed by atoms with Crippen molar-refractivity contribution in [2.75, 3.05) is 0 Å². The van der Waals surface area contributed by atoms with E-state index in [0.29, 0.717) is 0 Å². The van der Waals surface area contributed by atoms with Crippen LogP contribution in [0.2, 0.25) is 0 Å². The summed E-state index contributed by atoms with van der Waals surface area (Å²) in [4.78, 5) is 5.06. The lowest BCUT2D eigenvalue weighted by molar-refractivity contribution is 0.590. The quantitative estimate of drug-likeness (QED) is 0.220. The van der Waals surface area contributed by atoms with E-state index >= 15 is 0 Å². The minimum Gasteiger partial charge on any atom is -0.455 e. The standard InChI is InChI=1S/C39H36N2O/c1-38(2,3)27-20-21-35-31(22-27)32-24-28(39(4,5)6)23-30(36(32)42-35)25-16-18-26(19-17-25)37-40-33-14-10-11-15-34(33)41(37)29-12-8-7-9-13-29/h7-24H,1-6H3. The van der Waals surface area contributed by atoms with Crippen LogP contribution in [0.4, 0.5) is 0 Å². The molecule has 0 fully saturated rings. The number of rotatable bonds is 3. The van der Waals surface area contributed by atoms with Crippen LogP contribution < -0.4 is 0 Å². The van der Waals surface area contributed by atoms with E-state index < -0.39 is 0 Å². The zero-order valence-electron chi connectivity index (χ0n) is 25.2. The molecule has 0 N–H and O–H groups in total. The highest BCUT2D eigenvalue weighted by molar-refractivity contribution is 6.10.